The van der Waals surface area contributed by atoms with Gasteiger partial charge in [-0.3, -0.25) is 19.6 Å². The lowest BCUT2D eigenvalue weighted by Crippen LogP contribution is -2.00. The Labute approximate surface area is 154 Å². The average Bonchev–Trinajstić information content (AvgIpc) is 3.29. The predicted molar refractivity (Wildman–Crippen MR) is 102 cm³/mol. The number of aromatic nitrogens is 2. The molecule has 0 radical (unpaired) electrons. The number of nitrogens with zero attached hydrogens (tertiary/aromatic N) is 3. The van der Waals surface area contributed by atoms with Crippen LogP contribution in [0.5, 0.6) is 0 Å². The largest absolute Gasteiger partial charge is 0.289 e. The highest BCUT2D eigenvalue weighted by Crippen LogP contribution is 2.35. The van der Waals surface area contributed by atoms with Crippen LogP contribution in [-0.4, -0.2) is 20.5 Å². The van der Waals surface area contributed by atoms with E-state index in [9.17, 15) is 14.9 Å². The molecule has 0 amide bonds. The molecule has 0 aliphatic heterocycles. The van der Waals surface area contributed by atoms with Crippen LogP contribution in [0.1, 0.15) is 35.1 Å². The Kier molecular flexibility index (Phi) is 5.09. The molecule has 0 fully saturated rings. The summed E-state index contributed by atoms with van der Waals surface area (Å²) in [7, 11) is 0. The van der Waals surface area contributed by atoms with Crippen LogP contribution >= 0.6 is 11.3 Å². The second kappa shape index (κ2) is 7.45. The first-order chi connectivity index (χ1) is 12.5. The number of ketones is 1. The van der Waals surface area contributed by atoms with Crippen molar-refractivity contribution >= 4 is 28.9 Å². The maximum absolute atomic E-state index is 12.2. The van der Waals surface area contributed by atoms with Crippen molar-refractivity contribution in [1.82, 2.24) is 9.78 Å². The number of hydrogen-bond acceptors (Lipinski definition) is 5. The lowest BCUT2D eigenvalue weighted by molar-refractivity contribution is -0.384. The monoisotopic (exact) mass is 367 g/mol. The number of nitro benzene ring substituents is 1. The predicted octanol–water partition coefficient (Wildman–Crippen LogP) is 5.00. The first-order valence-electron chi connectivity index (χ1n) is 8.06. The third kappa shape index (κ3) is 3.78. The maximum Gasteiger partial charge on any atom is 0.278 e. The summed E-state index contributed by atoms with van der Waals surface area (Å²) in [6.45, 7) is 3.99. The van der Waals surface area contributed by atoms with Gasteiger partial charge in [0.05, 0.1) is 22.2 Å². The number of benzene rings is 1. The van der Waals surface area contributed by atoms with Crippen molar-refractivity contribution in [3.05, 3.63) is 75.4 Å². The second-order valence-electron chi connectivity index (χ2n) is 5.98. The normalized spacial score (nSPS) is 11.3. The molecule has 0 atom stereocenters. The fourth-order valence-corrected chi connectivity index (χ4v) is 3.37. The standard InChI is InChI=1S/C19H17N3O3S/c1-13(2)21-12-14(11-20-21)18(23)9-7-15-8-10-19(26-15)16-5-3-4-6-17(16)22(24)25/h3-13H,1-2H3/b9-7+. The number of rotatable bonds is 6. The van der Waals surface area contributed by atoms with E-state index < -0.39 is 0 Å². The van der Waals surface area contributed by atoms with Crippen LogP contribution < -0.4 is 0 Å². The fourth-order valence-electron chi connectivity index (χ4n) is 2.43. The third-order valence-corrected chi connectivity index (χ3v) is 4.89. The van der Waals surface area contributed by atoms with Gasteiger partial charge in [0.25, 0.3) is 5.69 Å². The van der Waals surface area contributed by atoms with Gasteiger partial charge in [0.15, 0.2) is 5.78 Å². The van der Waals surface area contributed by atoms with Gasteiger partial charge in [-0.2, -0.15) is 5.10 Å². The van der Waals surface area contributed by atoms with Crippen LogP contribution in [0.4, 0.5) is 5.69 Å². The second-order valence-corrected chi connectivity index (χ2v) is 7.09. The molecule has 6 nitrogen and oxygen atoms in total. The highest BCUT2D eigenvalue weighted by Gasteiger charge is 2.15. The van der Waals surface area contributed by atoms with Crippen LogP contribution in [0.2, 0.25) is 0 Å². The molecule has 2 aromatic heterocycles. The van der Waals surface area contributed by atoms with E-state index in [0.717, 1.165) is 9.75 Å². The Morgan fingerprint density at radius 2 is 2.04 bits per heavy atom. The van der Waals surface area contributed by atoms with Gasteiger partial charge in [0.2, 0.25) is 0 Å². The molecule has 0 bridgehead atoms. The van der Waals surface area contributed by atoms with Gasteiger partial charge in [-0.25, -0.2) is 0 Å². The summed E-state index contributed by atoms with van der Waals surface area (Å²) < 4.78 is 1.73. The van der Waals surface area contributed by atoms with Gasteiger partial charge in [-0.05, 0) is 44.2 Å². The van der Waals surface area contributed by atoms with Gasteiger partial charge in [0.1, 0.15) is 0 Å². The minimum Gasteiger partial charge on any atom is -0.289 e. The maximum atomic E-state index is 12.2. The molecule has 26 heavy (non-hydrogen) atoms. The molecule has 7 heteroatoms. The van der Waals surface area contributed by atoms with Crippen molar-refractivity contribution in [1.29, 1.82) is 0 Å². The van der Waals surface area contributed by atoms with Gasteiger partial charge in [-0.15, -0.1) is 11.3 Å². The summed E-state index contributed by atoms with van der Waals surface area (Å²) in [5.74, 6) is -0.127. The Morgan fingerprint density at radius 1 is 1.27 bits per heavy atom. The molecule has 0 unspecified atom stereocenters. The zero-order valence-electron chi connectivity index (χ0n) is 14.3. The van der Waals surface area contributed by atoms with Crippen molar-refractivity contribution in [2.75, 3.05) is 0 Å². The van der Waals surface area contributed by atoms with Crippen molar-refractivity contribution in [3.8, 4) is 10.4 Å². The third-order valence-electron chi connectivity index (χ3n) is 3.81. The van der Waals surface area contributed by atoms with E-state index in [1.54, 1.807) is 41.4 Å². The molecule has 0 aliphatic rings. The van der Waals surface area contributed by atoms with Gasteiger partial charge in [-0.1, -0.05) is 12.1 Å². The lowest BCUT2D eigenvalue weighted by atomic mass is 10.1. The number of para-hydroxylation sites is 1. The highest BCUT2D eigenvalue weighted by molar-refractivity contribution is 7.16. The lowest BCUT2D eigenvalue weighted by Gasteiger charge is -2.02. The van der Waals surface area contributed by atoms with E-state index in [1.807, 2.05) is 26.0 Å². The van der Waals surface area contributed by atoms with E-state index >= 15 is 0 Å². The van der Waals surface area contributed by atoms with Crippen molar-refractivity contribution in [2.24, 2.45) is 0 Å². The number of carbonyl (C=O) groups excluding carboxylic acids is 1. The Bertz CT molecular complexity index is 985. The number of carbonyl (C=O) groups is 1. The Balaban J connectivity index is 1.79. The number of hydrogen-bond donors (Lipinski definition) is 0. The summed E-state index contributed by atoms with van der Waals surface area (Å²) in [5.41, 5.74) is 1.18. The molecule has 0 N–H and O–H groups in total. The summed E-state index contributed by atoms with van der Waals surface area (Å²) in [4.78, 5) is 24.7. The van der Waals surface area contributed by atoms with E-state index in [2.05, 4.69) is 5.10 Å². The Hall–Kier alpha value is -3.06. The van der Waals surface area contributed by atoms with Crippen LogP contribution in [0.15, 0.2) is 54.9 Å². The van der Waals surface area contributed by atoms with Crippen molar-refractivity contribution in [2.45, 2.75) is 19.9 Å². The van der Waals surface area contributed by atoms with Crippen LogP contribution in [0, 0.1) is 10.1 Å². The molecule has 3 rings (SSSR count). The first-order valence-corrected chi connectivity index (χ1v) is 8.87. The Morgan fingerprint density at radius 3 is 2.73 bits per heavy atom. The highest BCUT2D eigenvalue weighted by atomic mass is 32.1. The first kappa shape index (κ1) is 17.8. The van der Waals surface area contributed by atoms with Crippen molar-refractivity contribution < 1.29 is 9.72 Å². The summed E-state index contributed by atoms with van der Waals surface area (Å²) in [5, 5.41) is 15.3. The van der Waals surface area contributed by atoms with Crippen LogP contribution in [-0.2, 0) is 0 Å². The van der Waals surface area contributed by atoms with E-state index in [0.29, 0.717) is 11.1 Å². The van der Waals surface area contributed by atoms with Crippen LogP contribution in [0.3, 0.4) is 0 Å². The quantitative estimate of drug-likeness (QED) is 0.266. The van der Waals surface area contributed by atoms with Gasteiger partial charge >= 0.3 is 0 Å². The van der Waals surface area contributed by atoms with Gasteiger partial charge < -0.3 is 0 Å². The molecule has 0 saturated heterocycles. The number of allylic oxidation sites excluding steroid dienone is 1. The zero-order valence-corrected chi connectivity index (χ0v) is 15.1. The minimum absolute atomic E-state index is 0.0713. The summed E-state index contributed by atoms with van der Waals surface area (Å²) in [6, 6.07) is 10.5. The molecule has 0 saturated carbocycles. The fraction of sp³-hybridized carbons (Fsp3) is 0.158. The number of nitro groups is 1. The summed E-state index contributed by atoms with van der Waals surface area (Å²) in [6.07, 6.45) is 6.50. The average molecular weight is 367 g/mol. The molecular formula is C19H17N3O3S. The van der Waals surface area contributed by atoms with E-state index in [4.69, 9.17) is 0 Å². The van der Waals surface area contributed by atoms with Crippen molar-refractivity contribution in [3.63, 3.8) is 0 Å². The molecule has 0 aliphatic carbocycles. The number of thiophene rings is 1. The van der Waals surface area contributed by atoms with E-state index in [-0.39, 0.29) is 22.4 Å². The summed E-state index contributed by atoms with van der Waals surface area (Å²) >= 11 is 1.40. The molecule has 1 aromatic carbocycles. The minimum atomic E-state index is -0.388. The van der Waals surface area contributed by atoms with Gasteiger partial charge in [0, 0.05) is 28.1 Å². The SMILES string of the molecule is CC(C)n1cc(C(=O)/C=C/c2ccc(-c3ccccc3[N+](=O)[O-])s2)cn1. The van der Waals surface area contributed by atoms with E-state index in [1.165, 1.54) is 23.5 Å². The molecule has 3 aromatic rings. The zero-order chi connectivity index (χ0) is 18.7. The topological polar surface area (TPSA) is 78.0 Å². The molecule has 2 heterocycles. The smallest absolute Gasteiger partial charge is 0.278 e. The molecular weight excluding hydrogens is 350 g/mol. The van der Waals surface area contributed by atoms with Crippen LogP contribution in [0.25, 0.3) is 16.5 Å². The molecule has 0 spiro atoms. The molecule has 132 valence electrons.